The Morgan fingerprint density at radius 1 is 0.971 bits per heavy atom. The van der Waals surface area contributed by atoms with Crippen molar-refractivity contribution in [2.45, 2.75) is 19.5 Å². The summed E-state index contributed by atoms with van der Waals surface area (Å²) in [6.07, 6.45) is 3.19. The summed E-state index contributed by atoms with van der Waals surface area (Å²) in [6.45, 7) is 4.95. The first-order valence-corrected chi connectivity index (χ1v) is 11.8. The van der Waals surface area contributed by atoms with Crippen molar-refractivity contribution in [3.05, 3.63) is 92.8 Å². The van der Waals surface area contributed by atoms with Crippen molar-refractivity contribution in [3.63, 3.8) is 0 Å². The number of methoxy groups -OCH3 is 1. The van der Waals surface area contributed by atoms with Gasteiger partial charge in [0, 0.05) is 38.9 Å². The number of benzene rings is 2. The zero-order valence-electron chi connectivity index (χ0n) is 19.9. The van der Waals surface area contributed by atoms with Gasteiger partial charge in [-0.2, -0.15) is 0 Å². The molecule has 4 rings (SSSR count). The zero-order chi connectivity index (χ0) is 24.6. The summed E-state index contributed by atoms with van der Waals surface area (Å²) in [7, 11) is 1.69. The SMILES string of the molecule is COc1ccccc1N1CCN(CCCn2c(=O)c(/C=N\O)cn(Cc3ccccc3)c2=O)CC1. The van der Waals surface area contributed by atoms with E-state index in [0.717, 1.165) is 55.9 Å². The molecule has 0 bridgehead atoms. The molecule has 2 aromatic carbocycles. The van der Waals surface area contributed by atoms with Gasteiger partial charge in [-0.3, -0.25) is 18.8 Å². The van der Waals surface area contributed by atoms with E-state index in [2.05, 4.69) is 21.0 Å². The summed E-state index contributed by atoms with van der Waals surface area (Å²) in [5.41, 5.74) is 1.41. The van der Waals surface area contributed by atoms with E-state index in [4.69, 9.17) is 9.94 Å². The molecule has 1 aliphatic rings. The monoisotopic (exact) mass is 477 g/mol. The number of ether oxygens (including phenoxy) is 1. The summed E-state index contributed by atoms with van der Waals surface area (Å²) >= 11 is 0. The number of nitrogens with zero attached hydrogens (tertiary/aromatic N) is 5. The van der Waals surface area contributed by atoms with Crippen LogP contribution in [0.25, 0.3) is 0 Å². The highest BCUT2D eigenvalue weighted by Crippen LogP contribution is 2.28. The lowest BCUT2D eigenvalue weighted by Gasteiger charge is -2.36. The molecule has 0 radical (unpaired) electrons. The highest BCUT2D eigenvalue weighted by atomic mass is 16.5. The van der Waals surface area contributed by atoms with Crippen molar-refractivity contribution in [3.8, 4) is 5.75 Å². The minimum Gasteiger partial charge on any atom is -0.495 e. The van der Waals surface area contributed by atoms with E-state index in [9.17, 15) is 9.59 Å². The molecule has 3 aromatic rings. The summed E-state index contributed by atoms with van der Waals surface area (Å²) in [5, 5.41) is 12.0. The fourth-order valence-corrected chi connectivity index (χ4v) is 4.47. The van der Waals surface area contributed by atoms with E-state index in [1.165, 1.54) is 15.3 Å². The standard InChI is InChI=1S/C26H31N5O4/c1-35-24-11-6-5-10-23(24)29-16-14-28(15-17-29)12-7-13-31-25(32)22(18-27-34)20-30(26(31)33)19-21-8-3-2-4-9-21/h2-6,8-11,18,20,34H,7,12-17,19H2,1H3/b27-18-. The number of hydrogen-bond donors (Lipinski definition) is 1. The number of hydrogen-bond acceptors (Lipinski definition) is 7. The Hall–Kier alpha value is -3.85. The molecule has 1 aliphatic heterocycles. The smallest absolute Gasteiger partial charge is 0.331 e. The van der Waals surface area contributed by atoms with E-state index in [1.807, 2.05) is 48.5 Å². The Balaban J connectivity index is 1.40. The topological polar surface area (TPSA) is 92.3 Å². The first-order chi connectivity index (χ1) is 17.1. The largest absolute Gasteiger partial charge is 0.495 e. The third kappa shape index (κ3) is 5.81. The van der Waals surface area contributed by atoms with Gasteiger partial charge in [0.2, 0.25) is 0 Å². The summed E-state index contributed by atoms with van der Waals surface area (Å²) < 4.78 is 8.22. The van der Waals surface area contributed by atoms with Crippen LogP contribution in [0.4, 0.5) is 5.69 Å². The van der Waals surface area contributed by atoms with Gasteiger partial charge in [0.1, 0.15) is 5.75 Å². The van der Waals surface area contributed by atoms with Crippen molar-refractivity contribution in [1.82, 2.24) is 14.0 Å². The Morgan fingerprint density at radius 3 is 2.40 bits per heavy atom. The van der Waals surface area contributed by atoms with Crippen molar-refractivity contribution in [2.24, 2.45) is 5.16 Å². The Kier molecular flexibility index (Phi) is 7.99. The highest BCUT2D eigenvalue weighted by molar-refractivity contribution is 5.77. The molecule has 0 spiro atoms. The second-order valence-corrected chi connectivity index (χ2v) is 8.54. The van der Waals surface area contributed by atoms with Crippen LogP contribution >= 0.6 is 0 Å². The highest BCUT2D eigenvalue weighted by Gasteiger charge is 2.19. The van der Waals surface area contributed by atoms with Gasteiger partial charge >= 0.3 is 5.69 Å². The lowest BCUT2D eigenvalue weighted by Crippen LogP contribution is -2.47. The fourth-order valence-electron chi connectivity index (χ4n) is 4.47. The normalized spacial score (nSPS) is 14.5. The van der Waals surface area contributed by atoms with Crippen LogP contribution < -0.4 is 20.9 Å². The van der Waals surface area contributed by atoms with Crippen molar-refractivity contribution >= 4 is 11.9 Å². The van der Waals surface area contributed by atoms with Crippen molar-refractivity contribution < 1.29 is 9.94 Å². The number of piperazine rings is 1. The van der Waals surface area contributed by atoms with E-state index < -0.39 is 5.56 Å². The third-order valence-electron chi connectivity index (χ3n) is 6.31. The van der Waals surface area contributed by atoms with Gasteiger partial charge in [0.25, 0.3) is 5.56 Å². The zero-order valence-corrected chi connectivity index (χ0v) is 19.9. The molecule has 1 N–H and O–H groups in total. The second-order valence-electron chi connectivity index (χ2n) is 8.54. The molecule has 35 heavy (non-hydrogen) atoms. The van der Waals surface area contributed by atoms with Crippen molar-refractivity contribution in [1.29, 1.82) is 0 Å². The number of anilines is 1. The van der Waals surface area contributed by atoms with Crippen LogP contribution in [0, 0.1) is 0 Å². The third-order valence-corrected chi connectivity index (χ3v) is 6.31. The van der Waals surface area contributed by atoms with E-state index in [0.29, 0.717) is 19.5 Å². The molecule has 0 atom stereocenters. The lowest BCUT2D eigenvalue weighted by atomic mass is 10.2. The molecule has 1 saturated heterocycles. The van der Waals surface area contributed by atoms with Crippen LogP contribution in [0.15, 0.2) is 75.5 Å². The van der Waals surface area contributed by atoms with Crippen molar-refractivity contribution in [2.75, 3.05) is 44.7 Å². The molecule has 1 fully saturated rings. The molecular formula is C26H31N5O4. The van der Waals surface area contributed by atoms with Gasteiger partial charge in [0.05, 0.1) is 31.1 Å². The quantitative estimate of drug-likeness (QED) is 0.288. The predicted molar refractivity (Wildman–Crippen MR) is 136 cm³/mol. The summed E-state index contributed by atoms with van der Waals surface area (Å²) in [5.74, 6) is 0.874. The first-order valence-electron chi connectivity index (χ1n) is 11.8. The van der Waals surface area contributed by atoms with Crippen LogP contribution in [0.2, 0.25) is 0 Å². The number of rotatable bonds is 9. The maximum absolute atomic E-state index is 13.1. The van der Waals surface area contributed by atoms with Crippen LogP contribution in [0.5, 0.6) is 5.75 Å². The second kappa shape index (κ2) is 11.5. The average molecular weight is 478 g/mol. The minimum absolute atomic E-state index is 0.174. The van der Waals surface area contributed by atoms with E-state index >= 15 is 0 Å². The minimum atomic E-state index is -0.446. The van der Waals surface area contributed by atoms with Gasteiger partial charge in [-0.1, -0.05) is 47.6 Å². The van der Waals surface area contributed by atoms with Gasteiger partial charge in [-0.15, -0.1) is 0 Å². The summed E-state index contributed by atoms with van der Waals surface area (Å²) in [4.78, 5) is 30.6. The lowest BCUT2D eigenvalue weighted by molar-refractivity contribution is 0.248. The van der Waals surface area contributed by atoms with Gasteiger partial charge < -0.3 is 14.8 Å². The number of para-hydroxylation sites is 2. The molecule has 2 heterocycles. The Labute approximate surface area is 204 Å². The summed E-state index contributed by atoms with van der Waals surface area (Å²) in [6, 6.07) is 17.6. The molecule has 184 valence electrons. The van der Waals surface area contributed by atoms with Crippen LogP contribution in [0.1, 0.15) is 17.5 Å². The molecular weight excluding hydrogens is 446 g/mol. The predicted octanol–water partition coefficient (Wildman–Crippen LogP) is 2.09. The van der Waals surface area contributed by atoms with Gasteiger partial charge in [0.15, 0.2) is 0 Å². The van der Waals surface area contributed by atoms with E-state index in [1.54, 1.807) is 7.11 Å². The van der Waals surface area contributed by atoms with Crippen LogP contribution in [0.3, 0.4) is 0 Å². The maximum atomic E-state index is 13.1. The van der Waals surface area contributed by atoms with Gasteiger partial charge in [-0.25, -0.2) is 4.79 Å². The Bertz CT molecular complexity index is 1260. The molecule has 9 nitrogen and oxygen atoms in total. The number of aromatic nitrogens is 2. The fraction of sp³-hybridized carbons (Fsp3) is 0.346. The number of oxime groups is 1. The maximum Gasteiger partial charge on any atom is 0.331 e. The molecule has 0 amide bonds. The molecule has 9 heteroatoms. The Morgan fingerprint density at radius 2 is 1.69 bits per heavy atom. The molecule has 0 saturated carbocycles. The average Bonchev–Trinajstić information content (AvgIpc) is 2.90. The van der Waals surface area contributed by atoms with E-state index in [-0.39, 0.29) is 11.3 Å². The molecule has 0 aliphatic carbocycles. The van der Waals surface area contributed by atoms with Crippen LogP contribution in [-0.4, -0.2) is 65.3 Å². The van der Waals surface area contributed by atoms with Gasteiger partial charge in [-0.05, 0) is 30.7 Å². The van der Waals surface area contributed by atoms with Crippen LogP contribution in [-0.2, 0) is 13.1 Å². The molecule has 1 aromatic heterocycles. The molecule has 0 unspecified atom stereocenters. The first kappa shape index (κ1) is 24.3.